The number of alkyl halides is 3. The zero-order valence-electron chi connectivity index (χ0n) is 17.9. The summed E-state index contributed by atoms with van der Waals surface area (Å²) in [6.45, 7) is 1.00. The summed E-state index contributed by atoms with van der Waals surface area (Å²) < 4.78 is 67.8. The Morgan fingerprint density at radius 1 is 1.09 bits per heavy atom. The van der Waals surface area contributed by atoms with Gasteiger partial charge in [0.15, 0.2) is 9.84 Å². The Morgan fingerprint density at radius 2 is 1.79 bits per heavy atom. The summed E-state index contributed by atoms with van der Waals surface area (Å²) in [6.07, 6.45) is -3.81. The molecule has 4 rings (SSSR count). The fourth-order valence-corrected chi connectivity index (χ4v) is 6.44. The largest absolute Gasteiger partial charge is 0.497 e. The van der Waals surface area contributed by atoms with E-state index < -0.39 is 21.6 Å². The highest BCUT2D eigenvalue weighted by molar-refractivity contribution is 7.91. The molecule has 1 aliphatic heterocycles. The monoisotopic (exact) mass is 496 g/mol. The van der Waals surface area contributed by atoms with Gasteiger partial charge in [-0.15, -0.1) is 11.3 Å². The molecule has 176 valence electrons. The van der Waals surface area contributed by atoms with Gasteiger partial charge in [-0.25, -0.2) is 13.4 Å². The average Bonchev–Trinajstić information content (AvgIpc) is 3.39. The molecule has 3 aromatic rings. The van der Waals surface area contributed by atoms with Crippen LogP contribution in [0.15, 0.2) is 53.9 Å². The van der Waals surface area contributed by atoms with Crippen LogP contribution in [0.1, 0.15) is 23.2 Å². The van der Waals surface area contributed by atoms with Crippen molar-refractivity contribution < 1.29 is 26.3 Å². The van der Waals surface area contributed by atoms with Gasteiger partial charge in [0.25, 0.3) is 0 Å². The first-order valence-corrected chi connectivity index (χ1v) is 13.0. The van der Waals surface area contributed by atoms with Crippen molar-refractivity contribution in [1.82, 2.24) is 9.88 Å². The van der Waals surface area contributed by atoms with Crippen molar-refractivity contribution in [2.75, 3.05) is 18.6 Å². The van der Waals surface area contributed by atoms with Gasteiger partial charge >= 0.3 is 6.18 Å². The van der Waals surface area contributed by atoms with E-state index >= 15 is 0 Å². The van der Waals surface area contributed by atoms with Crippen LogP contribution in [0.4, 0.5) is 13.2 Å². The number of aromatic nitrogens is 1. The Kier molecular flexibility index (Phi) is 6.78. The summed E-state index contributed by atoms with van der Waals surface area (Å²) in [5.74, 6) is 1.03. The van der Waals surface area contributed by atoms with Crippen molar-refractivity contribution in [3.05, 3.63) is 70.7 Å². The van der Waals surface area contributed by atoms with Gasteiger partial charge in [0.2, 0.25) is 0 Å². The van der Waals surface area contributed by atoms with E-state index in [4.69, 9.17) is 4.74 Å². The van der Waals surface area contributed by atoms with Crippen molar-refractivity contribution in [2.24, 2.45) is 0 Å². The molecule has 33 heavy (non-hydrogen) atoms. The molecule has 0 amide bonds. The topological polar surface area (TPSA) is 59.5 Å². The zero-order valence-corrected chi connectivity index (χ0v) is 19.5. The summed E-state index contributed by atoms with van der Waals surface area (Å²) in [6, 6.07) is 12.5. The van der Waals surface area contributed by atoms with Crippen LogP contribution in [0.25, 0.3) is 10.6 Å². The highest BCUT2D eigenvalue weighted by Crippen LogP contribution is 2.32. The molecule has 10 heteroatoms. The first-order valence-electron chi connectivity index (χ1n) is 10.3. The number of rotatable bonds is 7. The maximum atomic E-state index is 12.8. The molecule has 0 aliphatic carbocycles. The van der Waals surface area contributed by atoms with E-state index in [2.05, 4.69) is 9.88 Å². The molecule has 0 saturated carbocycles. The number of nitrogens with zero attached hydrogens (tertiary/aromatic N) is 2. The van der Waals surface area contributed by atoms with E-state index in [1.54, 1.807) is 7.11 Å². The second kappa shape index (κ2) is 9.44. The molecule has 2 heterocycles. The van der Waals surface area contributed by atoms with Gasteiger partial charge in [-0.2, -0.15) is 13.2 Å². The molecule has 1 atom stereocenters. The number of methoxy groups -OCH3 is 1. The number of ether oxygens (including phenoxy) is 1. The van der Waals surface area contributed by atoms with E-state index in [9.17, 15) is 21.6 Å². The normalized spacial score (nSPS) is 18.0. The maximum absolute atomic E-state index is 12.8. The zero-order chi connectivity index (χ0) is 23.6. The van der Waals surface area contributed by atoms with Gasteiger partial charge < -0.3 is 4.74 Å². The van der Waals surface area contributed by atoms with Gasteiger partial charge in [0, 0.05) is 30.1 Å². The quantitative estimate of drug-likeness (QED) is 0.459. The Hall–Kier alpha value is -2.43. The molecule has 0 bridgehead atoms. The van der Waals surface area contributed by atoms with E-state index in [1.165, 1.54) is 23.5 Å². The van der Waals surface area contributed by atoms with E-state index in [0.29, 0.717) is 30.1 Å². The predicted molar refractivity (Wildman–Crippen MR) is 122 cm³/mol. The minimum Gasteiger partial charge on any atom is -0.497 e. The predicted octanol–water partition coefficient (Wildman–Crippen LogP) is 5.03. The lowest BCUT2D eigenvalue weighted by molar-refractivity contribution is -0.137. The molecular weight excluding hydrogens is 473 g/mol. The summed E-state index contributed by atoms with van der Waals surface area (Å²) in [4.78, 5) is 6.72. The molecule has 2 aromatic carbocycles. The number of thiazole rings is 1. The molecule has 1 aliphatic rings. The highest BCUT2D eigenvalue weighted by Gasteiger charge is 2.33. The van der Waals surface area contributed by atoms with Crippen molar-refractivity contribution >= 4 is 21.2 Å². The Morgan fingerprint density at radius 3 is 2.36 bits per heavy atom. The molecule has 0 spiro atoms. The third-order valence-electron chi connectivity index (χ3n) is 5.65. The second-order valence-corrected chi connectivity index (χ2v) is 11.1. The summed E-state index contributed by atoms with van der Waals surface area (Å²) in [5.41, 5.74) is 1.70. The highest BCUT2D eigenvalue weighted by atomic mass is 32.2. The molecule has 0 radical (unpaired) electrons. The van der Waals surface area contributed by atoms with Gasteiger partial charge in [0.1, 0.15) is 10.8 Å². The van der Waals surface area contributed by atoms with Gasteiger partial charge in [-0.1, -0.05) is 24.3 Å². The number of hydrogen-bond donors (Lipinski definition) is 0. The lowest BCUT2D eigenvalue weighted by Crippen LogP contribution is -2.35. The third kappa shape index (κ3) is 5.93. The third-order valence-corrected chi connectivity index (χ3v) is 8.34. The van der Waals surface area contributed by atoms with Crippen LogP contribution in [-0.4, -0.2) is 43.0 Å². The smallest absolute Gasteiger partial charge is 0.416 e. The van der Waals surface area contributed by atoms with Crippen LogP contribution in [0.2, 0.25) is 0 Å². The fourth-order valence-electron chi connectivity index (χ4n) is 3.86. The Balaban J connectivity index is 1.53. The molecule has 1 saturated heterocycles. The van der Waals surface area contributed by atoms with E-state index in [1.807, 2.05) is 29.6 Å². The lowest BCUT2D eigenvalue weighted by Gasteiger charge is -2.27. The average molecular weight is 497 g/mol. The van der Waals surface area contributed by atoms with Crippen LogP contribution in [0, 0.1) is 0 Å². The minimum atomic E-state index is -4.38. The Bertz CT molecular complexity index is 1190. The van der Waals surface area contributed by atoms with Gasteiger partial charge in [-0.3, -0.25) is 4.90 Å². The molecule has 0 N–H and O–H groups in total. The van der Waals surface area contributed by atoms with Crippen molar-refractivity contribution in [1.29, 1.82) is 0 Å². The van der Waals surface area contributed by atoms with Crippen LogP contribution in [0.3, 0.4) is 0 Å². The first kappa shape index (κ1) is 23.7. The molecule has 1 aromatic heterocycles. The van der Waals surface area contributed by atoms with Crippen LogP contribution in [-0.2, 0) is 29.1 Å². The Labute approximate surface area is 194 Å². The molecule has 1 fully saturated rings. The van der Waals surface area contributed by atoms with Crippen molar-refractivity contribution in [2.45, 2.75) is 31.7 Å². The van der Waals surface area contributed by atoms with Crippen LogP contribution < -0.4 is 4.74 Å². The van der Waals surface area contributed by atoms with Gasteiger partial charge in [-0.05, 0) is 36.2 Å². The van der Waals surface area contributed by atoms with Gasteiger partial charge in [0.05, 0.1) is 29.9 Å². The van der Waals surface area contributed by atoms with E-state index in [0.717, 1.165) is 29.1 Å². The number of benzene rings is 2. The first-order chi connectivity index (χ1) is 15.6. The minimum absolute atomic E-state index is 0.110. The molecular formula is C23H23F3N2O3S2. The van der Waals surface area contributed by atoms with Crippen molar-refractivity contribution in [3.8, 4) is 16.3 Å². The molecule has 5 nitrogen and oxygen atoms in total. The maximum Gasteiger partial charge on any atom is 0.416 e. The summed E-state index contributed by atoms with van der Waals surface area (Å²) >= 11 is 1.36. The van der Waals surface area contributed by atoms with Crippen LogP contribution >= 0.6 is 11.3 Å². The SMILES string of the molecule is COc1ccc(CN(Cc2csc(-c3ccc(C(F)(F)F)cc3)n2)C2CCS(=O)(=O)C2)cc1. The number of hydrogen-bond acceptors (Lipinski definition) is 6. The van der Waals surface area contributed by atoms with E-state index in [-0.39, 0.29) is 17.5 Å². The second-order valence-electron chi connectivity index (χ2n) is 8.03. The summed E-state index contributed by atoms with van der Waals surface area (Å²) in [7, 11) is -1.46. The van der Waals surface area contributed by atoms with Crippen molar-refractivity contribution in [3.63, 3.8) is 0 Å². The number of halogens is 3. The van der Waals surface area contributed by atoms with Crippen LogP contribution in [0.5, 0.6) is 5.75 Å². The fraction of sp³-hybridized carbons (Fsp3) is 0.348. The number of sulfone groups is 1. The lowest BCUT2D eigenvalue weighted by atomic mass is 10.1. The summed E-state index contributed by atoms with van der Waals surface area (Å²) in [5, 5.41) is 2.50. The molecule has 1 unspecified atom stereocenters. The standard InChI is InChI=1S/C23H23F3N2O3S2/c1-31-21-8-2-16(3-9-21)12-28(20-10-11-33(29,30)15-20)13-19-14-32-22(27-19)17-4-6-18(7-5-17)23(24,25)26/h2-9,14,20H,10-13,15H2,1H3.